The van der Waals surface area contributed by atoms with E-state index in [4.69, 9.17) is 4.74 Å². The fraction of sp³-hybridized carbons (Fsp3) is 0.333. The molecule has 0 fully saturated rings. The van der Waals surface area contributed by atoms with Crippen molar-refractivity contribution in [1.29, 1.82) is 0 Å². The van der Waals surface area contributed by atoms with E-state index in [9.17, 15) is 9.59 Å². The van der Waals surface area contributed by atoms with Crippen LogP contribution in [0.1, 0.15) is 29.1 Å². The van der Waals surface area contributed by atoms with E-state index >= 15 is 0 Å². The summed E-state index contributed by atoms with van der Waals surface area (Å²) in [5.74, 6) is 0.207. The fourth-order valence-electron chi connectivity index (χ4n) is 2.20. The SMILES string of the molecule is COc1ccc(C(=O)N[C@H](C(=O)NCc2cccs2)C(C)C)cc1. The lowest BCUT2D eigenvalue weighted by Gasteiger charge is -2.21. The third-order valence-electron chi connectivity index (χ3n) is 3.60. The molecule has 0 radical (unpaired) electrons. The van der Waals surface area contributed by atoms with Gasteiger partial charge in [-0.3, -0.25) is 9.59 Å². The molecule has 24 heavy (non-hydrogen) atoms. The molecule has 1 atom stereocenters. The maximum Gasteiger partial charge on any atom is 0.251 e. The van der Waals surface area contributed by atoms with Crippen LogP contribution in [0.3, 0.4) is 0 Å². The van der Waals surface area contributed by atoms with Crippen molar-refractivity contribution in [2.75, 3.05) is 7.11 Å². The standard InChI is InChI=1S/C18H22N2O3S/c1-12(2)16(18(22)19-11-15-5-4-10-24-15)20-17(21)13-6-8-14(23-3)9-7-13/h4-10,12,16H,11H2,1-3H3,(H,19,22)(H,20,21)/t16-/m0/s1. The van der Waals surface area contributed by atoms with Gasteiger partial charge in [0.2, 0.25) is 5.91 Å². The van der Waals surface area contributed by atoms with Gasteiger partial charge in [-0.05, 0) is 41.6 Å². The lowest BCUT2D eigenvalue weighted by Crippen LogP contribution is -2.49. The number of hydrogen-bond donors (Lipinski definition) is 2. The number of hydrogen-bond acceptors (Lipinski definition) is 4. The number of benzene rings is 1. The van der Waals surface area contributed by atoms with Gasteiger partial charge in [0.05, 0.1) is 13.7 Å². The molecule has 2 N–H and O–H groups in total. The van der Waals surface area contributed by atoms with E-state index in [1.807, 2.05) is 31.4 Å². The molecular weight excluding hydrogens is 324 g/mol. The molecular formula is C18H22N2O3S. The highest BCUT2D eigenvalue weighted by Gasteiger charge is 2.24. The van der Waals surface area contributed by atoms with Gasteiger partial charge in [0.1, 0.15) is 11.8 Å². The quantitative estimate of drug-likeness (QED) is 0.810. The molecule has 0 aliphatic heterocycles. The smallest absolute Gasteiger partial charge is 0.251 e. The topological polar surface area (TPSA) is 67.4 Å². The number of amides is 2. The molecule has 1 aromatic carbocycles. The fourth-order valence-corrected chi connectivity index (χ4v) is 2.84. The molecule has 128 valence electrons. The second-order valence-electron chi connectivity index (χ2n) is 5.72. The molecule has 2 rings (SSSR count). The van der Waals surface area contributed by atoms with Gasteiger partial charge < -0.3 is 15.4 Å². The molecule has 0 saturated heterocycles. The van der Waals surface area contributed by atoms with Crippen LogP contribution in [0.5, 0.6) is 5.75 Å². The molecule has 1 aromatic heterocycles. The highest BCUT2D eigenvalue weighted by atomic mass is 32.1. The van der Waals surface area contributed by atoms with Crippen molar-refractivity contribution in [3.05, 3.63) is 52.2 Å². The molecule has 0 unspecified atom stereocenters. The van der Waals surface area contributed by atoms with Gasteiger partial charge in [-0.15, -0.1) is 11.3 Å². The molecule has 1 heterocycles. The normalized spacial score (nSPS) is 11.8. The molecule has 6 heteroatoms. The van der Waals surface area contributed by atoms with Crippen LogP contribution in [0.4, 0.5) is 0 Å². The van der Waals surface area contributed by atoms with Gasteiger partial charge in [0.25, 0.3) is 5.91 Å². The van der Waals surface area contributed by atoms with Crippen LogP contribution in [0.25, 0.3) is 0 Å². The van der Waals surface area contributed by atoms with Crippen LogP contribution in [-0.4, -0.2) is 25.0 Å². The molecule has 0 aliphatic rings. The molecule has 0 aliphatic carbocycles. The number of rotatable bonds is 7. The summed E-state index contributed by atoms with van der Waals surface area (Å²) in [7, 11) is 1.57. The van der Waals surface area contributed by atoms with Crippen molar-refractivity contribution in [3.63, 3.8) is 0 Å². The third-order valence-corrected chi connectivity index (χ3v) is 4.48. The second kappa shape index (κ2) is 8.49. The summed E-state index contributed by atoms with van der Waals surface area (Å²) in [6.45, 7) is 4.28. The minimum Gasteiger partial charge on any atom is -0.497 e. The number of carbonyl (C=O) groups is 2. The molecule has 5 nitrogen and oxygen atoms in total. The Labute approximate surface area is 146 Å². The predicted octanol–water partition coefficient (Wildman–Crippen LogP) is 2.83. The first-order valence-electron chi connectivity index (χ1n) is 7.76. The summed E-state index contributed by atoms with van der Waals surface area (Å²) in [6.07, 6.45) is 0. The van der Waals surface area contributed by atoms with Gasteiger partial charge in [0, 0.05) is 10.4 Å². The Hall–Kier alpha value is -2.34. The Bertz CT molecular complexity index is 666. The van der Waals surface area contributed by atoms with E-state index in [0.717, 1.165) is 4.88 Å². The van der Waals surface area contributed by atoms with Crippen molar-refractivity contribution in [3.8, 4) is 5.75 Å². The number of ether oxygens (including phenoxy) is 1. The Morgan fingerprint density at radius 3 is 2.42 bits per heavy atom. The van der Waals surface area contributed by atoms with E-state index in [0.29, 0.717) is 17.9 Å². The minimum absolute atomic E-state index is 0.0180. The number of thiophene rings is 1. The average molecular weight is 346 g/mol. The van der Waals surface area contributed by atoms with Crippen LogP contribution in [0, 0.1) is 5.92 Å². The first-order valence-corrected chi connectivity index (χ1v) is 8.64. The predicted molar refractivity (Wildman–Crippen MR) is 95.3 cm³/mol. The second-order valence-corrected chi connectivity index (χ2v) is 6.75. The average Bonchev–Trinajstić information content (AvgIpc) is 3.10. The van der Waals surface area contributed by atoms with E-state index < -0.39 is 6.04 Å². The summed E-state index contributed by atoms with van der Waals surface area (Å²) in [4.78, 5) is 25.8. The van der Waals surface area contributed by atoms with Crippen molar-refractivity contribution in [1.82, 2.24) is 10.6 Å². The van der Waals surface area contributed by atoms with E-state index in [1.165, 1.54) is 0 Å². The minimum atomic E-state index is -0.584. The summed E-state index contributed by atoms with van der Waals surface area (Å²) in [5, 5.41) is 7.66. The van der Waals surface area contributed by atoms with Crippen molar-refractivity contribution in [2.45, 2.75) is 26.4 Å². The largest absolute Gasteiger partial charge is 0.497 e. The Balaban J connectivity index is 1.98. The number of nitrogens with one attached hydrogen (secondary N) is 2. The maximum atomic E-state index is 12.4. The Morgan fingerprint density at radius 2 is 1.88 bits per heavy atom. The number of carbonyl (C=O) groups excluding carboxylic acids is 2. The molecule has 2 aromatic rings. The Morgan fingerprint density at radius 1 is 1.17 bits per heavy atom. The lowest BCUT2D eigenvalue weighted by molar-refractivity contribution is -0.124. The third kappa shape index (κ3) is 4.83. The van der Waals surface area contributed by atoms with Gasteiger partial charge >= 0.3 is 0 Å². The summed E-state index contributed by atoms with van der Waals surface area (Å²) < 4.78 is 5.08. The number of methoxy groups -OCH3 is 1. The molecule has 0 bridgehead atoms. The zero-order valence-corrected chi connectivity index (χ0v) is 14.9. The molecule has 0 saturated carbocycles. The van der Waals surface area contributed by atoms with E-state index in [1.54, 1.807) is 42.7 Å². The van der Waals surface area contributed by atoms with Crippen LogP contribution in [0.2, 0.25) is 0 Å². The first-order chi connectivity index (χ1) is 11.5. The zero-order chi connectivity index (χ0) is 17.5. The molecule has 2 amide bonds. The van der Waals surface area contributed by atoms with Gasteiger partial charge in [-0.25, -0.2) is 0 Å². The monoisotopic (exact) mass is 346 g/mol. The van der Waals surface area contributed by atoms with Crippen LogP contribution in [0.15, 0.2) is 41.8 Å². The summed E-state index contributed by atoms with van der Waals surface area (Å²) >= 11 is 1.59. The van der Waals surface area contributed by atoms with Gasteiger partial charge in [-0.1, -0.05) is 19.9 Å². The summed E-state index contributed by atoms with van der Waals surface area (Å²) in [5.41, 5.74) is 0.493. The Kier molecular flexibility index (Phi) is 6.37. The maximum absolute atomic E-state index is 12.4. The summed E-state index contributed by atoms with van der Waals surface area (Å²) in [6, 6.07) is 10.1. The van der Waals surface area contributed by atoms with Crippen molar-refractivity contribution in [2.24, 2.45) is 5.92 Å². The van der Waals surface area contributed by atoms with Crippen LogP contribution in [-0.2, 0) is 11.3 Å². The van der Waals surface area contributed by atoms with E-state index in [-0.39, 0.29) is 17.7 Å². The molecule has 0 spiro atoms. The van der Waals surface area contributed by atoms with Crippen LogP contribution < -0.4 is 15.4 Å². The van der Waals surface area contributed by atoms with Crippen molar-refractivity contribution < 1.29 is 14.3 Å². The van der Waals surface area contributed by atoms with Gasteiger partial charge in [0.15, 0.2) is 0 Å². The highest BCUT2D eigenvalue weighted by Crippen LogP contribution is 2.12. The lowest BCUT2D eigenvalue weighted by atomic mass is 10.0. The first kappa shape index (κ1) is 18.0. The zero-order valence-electron chi connectivity index (χ0n) is 14.0. The van der Waals surface area contributed by atoms with Gasteiger partial charge in [-0.2, -0.15) is 0 Å². The van der Waals surface area contributed by atoms with Crippen LogP contribution >= 0.6 is 11.3 Å². The van der Waals surface area contributed by atoms with E-state index in [2.05, 4.69) is 10.6 Å². The van der Waals surface area contributed by atoms with Crippen molar-refractivity contribution >= 4 is 23.2 Å². The highest BCUT2D eigenvalue weighted by molar-refractivity contribution is 7.09.